The maximum atomic E-state index is 12.7. The van der Waals surface area contributed by atoms with Crippen molar-refractivity contribution in [3.63, 3.8) is 0 Å². The highest BCUT2D eigenvalue weighted by Crippen LogP contribution is 2.29. The predicted octanol–water partition coefficient (Wildman–Crippen LogP) is 3.09. The summed E-state index contributed by atoms with van der Waals surface area (Å²) in [5.41, 5.74) is 3.68. The van der Waals surface area contributed by atoms with Crippen LogP contribution in [-0.4, -0.2) is 50.2 Å². The maximum absolute atomic E-state index is 12.7. The van der Waals surface area contributed by atoms with E-state index in [-0.39, 0.29) is 5.91 Å². The molecule has 5 heteroatoms. The number of rotatable bonds is 3. The molecule has 0 spiro atoms. The van der Waals surface area contributed by atoms with Gasteiger partial charge >= 0.3 is 0 Å². The van der Waals surface area contributed by atoms with Crippen LogP contribution in [0.15, 0.2) is 53.5 Å². The number of hydrogen-bond donors (Lipinski definition) is 0. The maximum Gasteiger partial charge on any atom is 0.241 e. The van der Waals surface area contributed by atoms with Crippen LogP contribution >= 0.6 is 11.6 Å². The minimum absolute atomic E-state index is 0.0630. The van der Waals surface area contributed by atoms with Crippen molar-refractivity contribution in [2.45, 2.75) is 0 Å². The van der Waals surface area contributed by atoms with Gasteiger partial charge in [-0.15, -0.1) is 0 Å². The molecule has 1 aliphatic heterocycles. The quantitative estimate of drug-likeness (QED) is 0.860. The van der Waals surface area contributed by atoms with Gasteiger partial charge in [0.25, 0.3) is 0 Å². The number of benzodiazepines with no additional fused rings is 1. The number of anilines is 1. The van der Waals surface area contributed by atoms with E-state index in [0.29, 0.717) is 24.7 Å². The topological polar surface area (TPSA) is 35.9 Å². The summed E-state index contributed by atoms with van der Waals surface area (Å²) in [6.07, 6.45) is 0. The number of benzene rings is 2. The summed E-state index contributed by atoms with van der Waals surface area (Å²) in [7, 11) is 3.79. The fraction of sp³-hybridized carbons (Fsp3) is 0.263. The van der Waals surface area contributed by atoms with Crippen LogP contribution in [0.25, 0.3) is 0 Å². The first-order valence-electron chi connectivity index (χ1n) is 7.91. The normalized spacial score (nSPS) is 14.2. The number of nitrogens with zero attached hydrogens (tertiary/aromatic N) is 3. The van der Waals surface area contributed by atoms with Gasteiger partial charge < -0.3 is 9.80 Å². The third-order valence-corrected chi connectivity index (χ3v) is 4.13. The highest BCUT2D eigenvalue weighted by Gasteiger charge is 2.24. The zero-order valence-electron chi connectivity index (χ0n) is 13.9. The Kier molecular flexibility index (Phi) is 4.97. The molecule has 124 valence electrons. The van der Waals surface area contributed by atoms with Gasteiger partial charge in [0, 0.05) is 22.7 Å². The molecule has 0 aliphatic carbocycles. The van der Waals surface area contributed by atoms with Crippen LogP contribution < -0.4 is 4.90 Å². The highest BCUT2D eigenvalue weighted by molar-refractivity contribution is 6.31. The van der Waals surface area contributed by atoms with Crippen molar-refractivity contribution >= 4 is 28.9 Å². The Morgan fingerprint density at radius 2 is 1.96 bits per heavy atom. The molecule has 0 N–H and O–H groups in total. The molecule has 0 saturated carbocycles. The molecule has 0 radical (unpaired) electrons. The molecule has 2 aromatic carbocycles. The van der Waals surface area contributed by atoms with Gasteiger partial charge in [0.2, 0.25) is 5.91 Å². The Balaban J connectivity index is 2.07. The van der Waals surface area contributed by atoms with Crippen LogP contribution in [0.5, 0.6) is 0 Å². The van der Waals surface area contributed by atoms with Crippen LogP contribution in [0.1, 0.15) is 11.1 Å². The molecule has 1 aliphatic rings. The lowest BCUT2D eigenvalue weighted by molar-refractivity contribution is -0.119. The van der Waals surface area contributed by atoms with Gasteiger partial charge in [0.15, 0.2) is 0 Å². The second kappa shape index (κ2) is 7.16. The van der Waals surface area contributed by atoms with Crippen molar-refractivity contribution < 1.29 is 4.79 Å². The number of hydrogen-bond acceptors (Lipinski definition) is 3. The average molecular weight is 342 g/mol. The van der Waals surface area contributed by atoms with Gasteiger partial charge in [0.05, 0.1) is 24.5 Å². The van der Waals surface area contributed by atoms with Crippen LogP contribution in [0, 0.1) is 0 Å². The Labute approximate surface area is 147 Å². The Bertz CT molecular complexity index is 771. The van der Waals surface area contributed by atoms with E-state index >= 15 is 0 Å². The highest BCUT2D eigenvalue weighted by atomic mass is 35.5. The van der Waals surface area contributed by atoms with E-state index in [1.807, 2.05) is 72.4 Å². The number of likely N-dealkylation sites (N-methyl/N-ethyl adjacent to an activating group) is 1. The number of aliphatic imine (C=N–C) groups is 1. The van der Waals surface area contributed by atoms with Gasteiger partial charge in [-0.1, -0.05) is 41.9 Å². The predicted molar refractivity (Wildman–Crippen MR) is 99.3 cm³/mol. The molecular formula is C19H20ClN3O. The minimum Gasteiger partial charge on any atom is -0.309 e. The molecule has 4 nitrogen and oxygen atoms in total. The Morgan fingerprint density at radius 3 is 2.67 bits per heavy atom. The number of carbonyl (C=O) groups is 1. The molecule has 1 amide bonds. The largest absolute Gasteiger partial charge is 0.309 e. The number of carbonyl (C=O) groups excluding carboxylic acids is 1. The lowest BCUT2D eigenvalue weighted by Gasteiger charge is -2.24. The zero-order chi connectivity index (χ0) is 17.1. The van der Waals surface area contributed by atoms with E-state index in [9.17, 15) is 4.79 Å². The average Bonchev–Trinajstić information content (AvgIpc) is 2.74. The van der Waals surface area contributed by atoms with Gasteiger partial charge in [-0.2, -0.15) is 0 Å². The van der Waals surface area contributed by atoms with Crippen LogP contribution in [0.3, 0.4) is 0 Å². The molecule has 2 aromatic rings. The first kappa shape index (κ1) is 16.7. The smallest absolute Gasteiger partial charge is 0.241 e. The molecule has 1 heterocycles. The third-order valence-electron chi connectivity index (χ3n) is 3.90. The SMILES string of the molecule is CN(C)CC(=O)N1CCN=C(c2ccccc2)c2cc(Cl)ccc21. The van der Waals surface area contributed by atoms with Crippen molar-refractivity contribution in [3.8, 4) is 0 Å². The van der Waals surface area contributed by atoms with E-state index in [0.717, 1.165) is 22.5 Å². The van der Waals surface area contributed by atoms with Gasteiger partial charge in [-0.25, -0.2) is 0 Å². The van der Waals surface area contributed by atoms with Crippen molar-refractivity contribution in [1.82, 2.24) is 4.90 Å². The van der Waals surface area contributed by atoms with Crippen LogP contribution in [-0.2, 0) is 4.79 Å². The minimum atomic E-state index is 0.0630. The molecule has 3 rings (SSSR count). The van der Waals surface area contributed by atoms with E-state index in [4.69, 9.17) is 16.6 Å². The Hall–Kier alpha value is -2.17. The molecule has 0 atom stereocenters. The fourth-order valence-electron chi connectivity index (χ4n) is 2.86. The molecular weight excluding hydrogens is 322 g/mol. The third kappa shape index (κ3) is 3.50. The lowest BCUT2D eigenvalue weighted by Crippen LogP contribution is -2.39. The van der Waals surface area contributed by atoms with E-state index in [1.165, 1.54) is 0 Å². The molecule has 0 bridgehead atoms. The monoisotopic (exact) mass is 341 g/mol. The number of fused-ring (bicyclic) bond motifs is 1. The van der Waals surface area contributed by atoms with Crippen molar-refractivity contribution in [2.24, 2.45) is 4.99 Å². The molecule has 0 fully saturated rings. The van der Waals surface area contributed by atoms with Crippen molar-refractivity contribution in [1.29, 1.82) is 0 Å². The number of amides is 1. The standard InChI is InChI=1S/C19H20ClN3O/c1-22(2)13-18(24)23-11-10-21-19(14-6-4-3-5-7-14)16-12-15(20)8-9-17(16)23/h3-9,12H,10-11,13H2,1-2H3. The lowest BCUT2D eigenvalue weighted by atomic mass is 10.00. The van der Waals surface area contributed by atoms with Gasteiger partial charge in [-0.3, -0.25) is 9.79 Å². The fourth-order valence-corrected chi connectivity index (χ4v) is 3.03. The second-order valence-corrected chi connectivity index (χ2v) is 6.48. The van der Waals surface area contributed by atoms with E-state index < -0.39 is 0 Å². The first-order valence-corrected chi connectivity index (χ1v) is 8.29. The molecule has 0 aromatic heterocycles. The first-order chi connectivity index (χ1) is 11.6. The summed E-state index contributed by atoms with van der Waals surface area (Å²) in [4.78, 5) is 21.1. The number of halogens is 1. The second-order valence-electron chi connectivity index (χ2n) is 6.04. The van der Waals surface area contributed by atoms with Gasteiger partial charge in [0.1, 0.15) is 0 Å². The van der Waals surface area contributed by atoms with E-state index in [2.05, 4.69) is 0 Å². The summed E-state index contributed by atoms with van der Waals surface area (Å²) in [5.74, 6) is 0.0630. The van der Waals surface area contributed by atoms with E-state index in [1.54, 1.807) is 0 Å². The summed E-state index contributed by atoms with van der Waals surface area (Å²) < 4.78 is 0. The van der Waals surface area contributed by atoms with Crippen LogP contribution in [0.4, 0.5) is 5.69 Å². The van der Waals surface area contributed by atoms with Crippen molar-refractivity contribution in [2.75, 3.05) is 38.6 Å². The zero-order valence-corrected chi connectivity index (χ0v) is 14.6. The Morgan fingerprint density at radius 1 is 1.21 bits per heavy atom. The summed E-state index contributed by atoms with van der Waals surface area (Å²) in [6, 6.07) is 15.6. The molecule has 0 saturated heterocycles. The van der Waals surface area contributed by atoms with Crippen molar-refractivity contribution in [3.05, 3.63) is 64.7 Å². The van der Waals surface area contributed by atoms with Crippen LogP contribution in [0.2, 0.25) is 5.02 Å². The summed E-state index contributed by atoms with van der Waals surface area (Å²) >= 11 is 6.23. The summed E-state index contributed by atoms with van der Waals surface area (Å²) in [5, 5.41) is 0.638. The molecule has 24 heavy (non-hydrogen) atoms. The summed E-state index contributed by atoms with van der Waals surface area (Å²) in [6.45, 7) is 1.50. The molecule has 0 unspecified atom stereocenters. The van der Waals surface area contributed by atoms with Gasteiger partial charge in [-0.05, 0) is 32.3 Å².